The van der Waals surface area contributed by atoms with Gasteiger partial charge in [-0.15, -0.1) is 4.41 Å². The van der Waals surface area contributed by atoms with Crippen LogP contribution in [0.15, 0.2) is 0 Å². The van der Waals surface area contributed by atoms with E-state index in [0.717, 1.165) is 25.7 Å². The molecule has 1 heterocycles. The van der Waals surface area contributed by atoms with E-state index in [4.69, 9.17) is 0 Å². The first-order valence-electron chi connectivity index (χ1n) is 7.89. The van der Waals surface area contributed by atoms with Gasteiger partial charge in [0.2, 0.25) is 17.2 Å². The predicted octanol–water partition coefficient (Wildman–Crippen LogP) is 2.49. The number of halogens is 2. The van der Waals surface area contributed by atoms with Gasteiger partial charge in [-0.25, -0.2) is 18.0 Å². The molecule has 0 aromatic rings. The summed E-state index contributed by atoms with van der Waals surface area (Å²) in [5.41, 5.74) is 0.243. The molecule has 0 amide bonds. The molecule has 9 heteroatoms. The maximum absolute atomic E-state index is 13.3. The van der Waals surface area contributed by atoms with Crippen LogP contribution >= 0.6 is 0 Å². The fraction of sp³-hybridized carbons (Fsp3) is 0.929. The Morgan fingerprint density at radius 1 is 1.30 bits per heavy atom. The van der Waals surface area contributed by atoms with Gasteiger partial charge in [-0.05, 0) is 38.0 Å². The Morgan fingerprint density at radius 3 is 2.22 bits per heavy atom. The van der Waals surface area contributed by atoms with Gasteiger partial charge in [0, 0.05) is 19.5 Å². The van der Waals surface area contributed by atoms with Gasteiger partial charge in [0.1, 0.15) is 6.04 Å². The number of hydrogen-bond donors (Lipinski definition) is 2. The topological polar surface area (TPSA) is 81.1 Å². The maximum Gasteiger partial charge on any atom is 0.323 e. The number of rotatable bonds is 6. The third-order valence-corrected chi connectivity index (χ3v) is 5.81. The first-order chi connectivity index (χ1) is 10.6. The van der Waals surface area contributed by atoms with Crippen LogP contribution in [0, 0.1) is 5.41 Å². The Balaban J connectivity index is 2.11. The second-order valence-corrected chi connectivity index (χ2v) is 7.66. The van der Waals surface area contributed by atoms with Crippen molar-refractivity contribution >= 4 is 17.2 Å². The molecule has 2 aliphatic rings. The van der Waals surface area contributed by atoms with Crippen molar-refractivity contribution in [3.05, 3.63) is 0 Å². The molecule has 0 aromatic carbocycles. The number of nitrogens with zero attached hydrogens (tertiary/aromatic N) is 2. The van der Waals surface area contributed by atoms with Crippen LogP contribution in [0.2, 0.25) is 0 Å². The average Bonchev–Trinajstić information content (AvgIpc) is 2.87. The number of carboxylic acids is 1. The Morgan fingerprint density at radius 2 is 1.83 bits per heavy atom. The summed E-state index contributed by atoms with van der Waals surface area (Å²) in [5.74, 6) is -4.75. The van der Waals surface area contributed by atoms with E-state index in [9.17, 15) is 27.4 Å². The fourth-order valence-electron chi connectivity index (χ4n) is 3.80. The van der Waals surface area contributed by atoms with E-state index in [1.54, 1.807) is 0 Å². The summed E-state index contributed by atoms with van der Waals surface area (Å²) in [7, 11) is 0. The molecule has 2 N–H and O–H groups in total. The number of alkyl halides is 2. The first-order valence-corrected chi connectivity index (χ1v) is 8.96. The van der Waals surface area contributed by atoms with E-state index in [0.29, 0.717) is 24.4 Å². The van der Waals surface area contributed by atoms with Crippen LogP contribution in [-0.2, 0) is 16.1 Å². The van der Waals surface area contributed by atoms with Crippen LogP contribution in [0.25, 0.3) is 0 Å². The molecule has 2 rings (SSSR count). The van der Waals surface area contributed by atoms with Gasteiger partial charge in [0.05, 0.1) is 0 Å². The summed E-state index contributed by atoms with van der Waals surface area (Å²) in [6.07, 6.45) is 5.20. The lowest BCUT2D eigenvalue weighted by Crippen LogP contribution is -2.57. The minimum atomic E-state index is -3.23. The highest BCUT2D eigenvalue weighted by atomic mass is 32.2. The maximum atomic E-state index is 13.3. The molecule has 1 saturated carbocycles. The molecule has 0 radical (unpaired) electrons. The summed E-state index contributed by atoms with van der Waals surface area (Å²) >= 11 is -2.65. The van der Waals surface area contributed by atoms with E-state index in [-0.39, 0.29) is 5.41 Å². The zero-order chi connectivity index (χ0) is 17.3. The van der Waals surface area contributed by atoms with E-state index in [1.165, 1.54) is 17.9 Å². The number of hydrogen-bond acceptors (Lipinski definition) is 3. The predicted molar refractivity (Wildman–Crippen MR) is 81.0 cm³/mol. The molecule has 134 valence electrons. The number of carbonyl (C=O) groups is 1. The molecule has 2 atom stereocenters. The standard InChI is InChI=1S/C14H24F2N2O4S/c1-13(15,16)10-11(12(19)20)18(23(21)22)17-8-6-14(7-9-17)4-2-3-5-14/h11H,2-10H2,1H3,(H,19,20)(H,21,22). The quantitative estimate of drug-likeness (QED) is 0.716. The molecular weight excluding hydrogens is 330 g/mol. The van der Waals surface area contributed by atoms with Crippen molar-refractivity contribution in [1.29, 1.82) is 0 Å². The number of aliphatic carboxylic acids is 1. The van der Waals surface area contributed by atoms with Crippen molar-refractivity contribution in [3.63, 3.8) is 0 Å². The summed E-state index contributed by atoms with van der Waals surface area (Å²) in [5, 5.41) is 10.7. The van der Waals surface area contributed by atoms with E-state index >= 15 is 0 Å². The van der Waals surface area contributed by atoms with Gasteiger partial charge in [0.15, 0.2) is 0 Å². The van der Waals surface area contributed by atoms with Crippen LogP contribution in [-0.4, -0.2) is 54.3 Å². The Kier molecular flexibility index (Phi) is 5.76. The summed E-state index contributed by atoms with van der Waals surface area (Å²) in [6.45, 7) is 1.46. The van der Waals surface area contributed by atoms with Crippen LogP contribution in [0.4, 0.5) is 8.78 Å². The number of carboxylic acid groups (broad SMARTS) is 1. The molecular formula is C14H24F2N2O4S. The largest absolute Gasteiger partial charge is 0.480 e. The second-order valence-electron chi connectivity index (χ2n) is 6.82. The third-order valence-electron chi connectivity index (χ3n) is 5.01. The second kappa shape index (κ2) is 7.08. The van der Waals surface area contributed by atoms with Crippen molar-refractivity contribution in [2.45, 2.75) is 63.8 Å². The molecule has 1 saturated heterocycles. The highest BCUT2D eigenvalue weighted by Crippen LogP contribution is 2.46. The van der Waals surface area contributed by atoms with Crippen molar-refractivity contribution in [2.75, 3.05) is 13.1 Å². The van der Waals surface area contributed by atoms with Gasteiger partial charge in [-0.2, -0.15) is 0 Å². The minimum Gasteiger partial charge on any atom is -0.480 e. The SMILES string of the molecule is CC(F)(F)CC(C(=O)O)N(N1CCC2(CCCC2)CC1)S(=O)O. The normalized spacial score (nSPS) is 24.9. The monoisotopic (exact) mass is 354 g/mol. The molecule has 1 aliphatic heterocycles. The van der Waals surface area contributed by atoms with Crippen molar-refractivity contribution in [3.8, 4) is 0 Å². The molecule has 6 nitrogen and oxygen atoms in total. The number of piperidine rings is 1. The summed E-state index contributed by atoms with van der Waals surface area (Å²) < 4.78 is 48.4. The lowest BCUT2D eigenvalue weighted by atomic mass is 9.77. The van der Waals surface area contributed by atoms with Gasteiger partial charge in [0.25, 0.3) is 0 Å². The first kappa shape index (κ1) is 18.7. The van der Waals surface area contributed by atoms with Crippen molar-refractivity contribution in [2.24, 2.45) is 5.41 Å². The Bertz CT molecular complexity index is 456. The third kappa shape index (κ3) is 4.68. The van der Waals surface area contributed by atoms with E-state index in [1.807, 2.05) is 0 Å². The zero-order valence-electron chi connectivity index (χ0n) is 13.2. The highest BCUT2D eigenvalue weighted by molar-refractivity contribution is 7.76. The lowest BCUT2D eigenvalue weighted by molar-refractivity contribution is -0.153. The molecule has 0 aromatic heterocycles. The fourth-order valence-corrected chi connectivity index (χ4v) is 4.54. The van der Waals surface area contributed by atoms with Crippen LogP contribution in [0.3, 0.4) is 0 Å². The molecule has 1 spiro atoms. The van der Waals surface area contributed by atoms with Crippen molar-refractivity contribution < 1.29 is 27.4 Å². The van der Waals surface area contributed by atoms with Crippen LogP contribution < -0.4 is 0 Å². The molecule has 1 aliphatic carbocycles. The Labute approximate surface area is 137 Å². The van der Waals surface area contributed by atoms with Gasteiger partial charge in [-0.1, -0.05) is 12.8 Å². The lowest BCUT2D eigenvalue weighted by Gasteiger charge is -2.44. The molecule has 23 heavy (non-hydrogen) atoms. The zero-order valence-corrected chi connectivity index (χ0v) is 14.0. The van der Waals surface area contributed by atoms with Crippen LogP contribution in [0.1, 0.15) is 51.9 Å². The molecule has 0 bridgehead atoms. The smallest absolute Gasteiger partial charge is 0.323 e. The highest BCUT2D eigenvalue weighted by Gasteiger charge is 2.44. The summed E-state index contributed by atoms with van der Waals surface area (Å²) in [6, 6.07) is -1.72. The molecule has 2 unspecified atom stereocenters. The molecule has 2 fully saturated rings. The van der Waals surface area contributed by atoms with Gasteiger partial charge in [-0.3, -0.25) is 9.35 Å². The van der Waals surface area contributed by atoms with E-state index < -0.39 is 35.6 Å². The van der Waals surface area contributed by atoms with Gasteiger partial charge >= 0.3 is 5.97 Å². The van der Waals surface area contributed by atoms with Crippen LogP contribution in [0.5, 0.6) is 0 Å². The Hall–Kier alpha value is -0.640. The summed E-state index contributed by atoms with van der Waals surface area (Å²) in [4.78, 5) is 11.4. The van der Waals surface area contributed by atoms with Crippen molar-refractivity contribution in [1.82, 2.24) is 9.42 Å². The number of hydrazine groups is 1. The van der Waals surface area contributed by atoms with E-state index in [2.05, 4.69) is 0 Å². The van der Waals surface area contributed by atoms with Gasteiger partial charge < -0.3 is 5.11 Å². The average molecular weight is 354 g/mol. The minimum absolute atomic E-state index is 0.243.